The third kappa shape index (κ3) is 5.07. The predicted molar refractivity (Wildman–Crippen MR) is 63.5 cm³/mol. The minimum atomic E-state index is -0.447. The zero-order valence-corrected chi connectivity index (χ0v) is 10.3. The van der Waals surface area contributed by atoms with Crippen LogP contribution in [0.5, 0.6) is 0 Å². The maximum atomic E-state index is 9.82. The van der Waals surface area contributed by atoms with E-state index in [-0.39, 0.29) is 5.60 Å². The van der Waals surface area contributed by atoms with Crippen LogP contribution in [-0.2, 0) is 9.47 Å². The Kier molecular flexibility index (Phi) is 5.41. The Morgan fingerprint density at radius 3 is 2.69 bits per heavy atom. The first-order valence-corrected chi connectivity index (χ1v) is 5.79. The quantitative estimate of drug-likeness (QED) is 0.679. The molecule has 1 N–H and O–H groups in total. The number of ether oxygens (including phenoxy) is 2. The van der Waals surface area contributed by atoms with Gasteiger partial charge in [0.05, 0.1) is 31.5 Å². The molecule has 0 saturated carbocycles. The van der Waals surface area contributed by atoms with Crippen LogP contribution in [0, 0.1) is 0 Å². The summed E-state index contributed by atoms with van der Waals surface area (Å²) in [6.07, 6.45) is 1.30. The molecular formula is C12H23NO3. The van der Waals surface area contributed by atoms with Crippen LogP contribution in [0.2, 0.25) is 0 Å². The largest absolute Gasteiger partial charge is 0.389 e. The molecule has 1 rings (SSSR count). The van der Waals surface area contributed by atoms with Crippen molar-refractivity contribution in [2.75, 3.05) is 39.5 Å². The Morgan fingerprint density at radius 1 is 1.50 bits per heavy atom. The zero-order valence-electron chi connectivity index (χ0n) is 10.3. The molecule has 94 valence electrons. The third-order valence-electron chi connectivity index (χ3n) is 2.71. The lowest BCUT2D eigenvalue weighted by Crippen LogP contribution is -2.42. The van der Waals surface area contributed by atoms with Gasteiger partial charge < -0.3 is 14.6 Å². The molecule has 4 nitrogen and oxygen atoms in total. The Balaban J connectivity index is 2.19. The number of β-amino-alcohol motifs (C(OH)–C–C–N with tert-alkyl or cyclic N) is 1. The highest BCUT2D eigenvalue weighted by atomic mass is 16.5. The van der Waals surface area contributed by atoms with Crippen LogP contribution in [0.25, 0.3) is 0 Å². The predicted octanol–water partition coefficient (Wildman–Crippen LogP) is 0.661. The molecule has 0 aromatic carbocycles. The van der Waals surface area contributed by atoms with E-state index in [4.69, 9.17) is 9.47 Å². The van der Waals surface area contributed by atoms with Gasteiger partial charge in [-0.25, -0.2) is 0 Å². The molecule has 0 aliphatic carbocycles. The fraction of sp³-hybridized carbons (Fsp3) is 0.833. The molecular weight excluding hydrogens is 206 g/mol. The Labute approximate surface area is 97.8 Å². The van der Waals surface area contributed by atoms with Crippen LogP contribution in [0.15, 0.2) is 12.7 Å². The van der Waals surface area contributed by atoms with Crippen LogP contribution in [0.4, 0.5) is 0 Å². The minimum Gasteiger partial charge on any atom is -0.389 e. The molecule has 1 saturated heterocycles. The van der Waals surface area contributed by atoms with Crippen LogP contribution in [0.3, 0.4) is 0 Å². The molecule has 0 aromatic heterocycles. The summed E-state index contributed by atoms with van der Waals surface area (Å²) < 4.78 is 10.8. The van der Waals surface area contributed by atoms with Gasteiger partial charge in [0.15, 0.2) is 0 Å². The van der Waals surface area contributed by atoms with E-state index in [0.717, 1.165) is 26.3 Å². The number of hydrogen-bond donors (Lipinski definition) is 1. The van der Waals surface area contributed by atoms with Gasteiger partial charge in [0.1, 0.15) is 0 Å². The van der Waals surface area contributed by atoms with Crippen molar-refractivity contribution in [1.82, 2.24) is 4.90 Å². The summed E-state index contributed by atoms with van der Waals surface area (Å²) in [5.74, 6) is 0. The average Bonchev–Trinajstić information content (AvgIpc) is 2.28. The van der Waals surface area contributed by atoms with Crippen LogP contribution in [0.1, 0.15) is 13.8 Å². The van der Waals surface area contributed by atoms with Crippen LogP contribution >= 0.6 is 0 Å². The SMILES string of the molecule is C=CC(C)(C)OC[C@@H](O)CN1CCOCC1. The van der Waals surface area contributed by atoms with Crippen molar-refractivity contribution in [1.29, 1.82) is 0 Å². The maximum Gasteiger partial charge on any atom is 0.0900 e. The number of aliphatic hydroxyl groups is 1. The summed E-state index contributed by atoms with van der Waals surface area (Å²) in [5, 5.41) is 9.82. The lowest BCUT2D eigenvalue weighted by molar-refractivity contribution is -0.0515. The topological polar surface area (TPSA) is 41.9 Å². The molecule has 0 radical (unpaired) electrons. The smallest absolute Gasteiger partial charge is 0.0900 e. The molecule has 1 fully saturated rings. The molecule has 0 aromatic rings. The molecule has 1 atom stereocenters. The van der Waals surface area contributed by atoms with Crippen molar-refractivity contribution in [3.8, 4) is 0 Å². The Morgan fingerprint density at radius 2 is 2.12 bits per heavy atom. The van der Waals surface area contributed by atoms with Gasteiger partial charge in [0, 0.05) is 19.6 Å². The molecule has 1 heterocycles. The summed E-state index contributed by atoms with van der Waals surface area (Å²) in [7, 11) is 0. The van der Waals surface area contributed by atoms with E-state index in [1.165, 1.54) is 0 Å². The zero-order chi connectivity index (χ0) is 12.0. The van der Waals surface area contributed by atoms with Gasteiger partial charge in [0.25, 0.3) is 0 Å². The van der Waals surface area contributed by atoms with Gasteiger partial charge in [0.2, 0.25) is 0 Å². The molecule has 0 amide bonds. The van der Waals surface area contributed by atoms with Gasteiger partial charge in [-0.05, 0) is 13.8 Å². The van der Waals surface area contributed by atoms with Crippen LogP contribution < -0.4 is 0 Å². The maximum absolute atomic E-state index is 9.82. The summed E-state index contributed by atoms with van der Waals surface area (Å²) in [5.41, 5.74) is -0.369. The first-order chi connectivity index (χ1) is 7.53. The van der Waals surface area contributed by atoms with Gasteiger partial charge in [-0.15, -0.1) is 6.58 Å². The van der Waals surface area contributed by atoms with Crippen molar-refractivity contribution in [3.05, 3.63) is 12.7 Å². The second kappa shape index (κ2) is 6.35. The fourth-order valence-electron chi connectivity index (χ4n) is 1.50. The molecule has 0 bridgehead atoms. The molecule has 0 spiro atoms. The van der Waals surface area contributed by atoms with Gasteiger partial charge in [-0.1, -0.05) is 6.08 Å². The van der Waals surface area contributed by atoms with E-state index in [9.17, 15) is 5.11 Å². The average molecular weight is 229 g/mol. The van der Waals surface area contributed by atoms with Gasteiger partial charge in [-0.2, -0.15) is 0 Å². The van der Waals surface area contributed by atoms with Crippen LogP contribution in [-0.4, -0.2) is 61.2 Å². The number of nitrogens with zero attached hydrogens (tertiary/aromatic N) is 1. The molecule has 0 unspecified atom stereocenters. The van der Waals surface area contributed by atoms with Crippen molar-refractivity contribution in [2.45, 2.75) is 25.6 Å². The van der Waals surface area contributed by atoms with Crippen molar-refractivity contribution in [3.63, 3.8) is 0 Å². The number of morpholine rings is 1. The standard InChI is InChI=1S/C12H23NO3/c1-4-12(2,3)16-10-11(14)9-13-5-7-15-8-6-13/h4,11,14H,1,5-10H2,2-3H3/t11-/m0/s1. The minimum absolute atomic E-state index is 0.344. The monoisotopic (exact) mass is 229 g/mol. The van der Waals surface area contributed by atoms with E-state index >= 15 is 0 Å². The normalized spacial score (nSPS) is 20.7. The van der Waals surface area contributed by atoms with E-state index in [0.29, 0.717) is 13.2 Å². The number of rotatable bonds is 6. The second-order valence-electron chi connectivity index (χ2n) is 4.69. The first kappa shape index (κ1) is 13.6. The number of aliphatic hydroxyl groups excluding tert-OH is 1. The van der Waals surface area contributed by atoms with Crippen molar-refractivity contribution < 1.29 is 14.6 Å². The Hall–Kier alpha value is -0.420. The van der Waals surface area contributed by atoms with Crippen molar-refractivity contribution in [2.24, 2.45) is 0 Å². The third-order valence-corrected chi connectivity index (χ3v) is 2.71. The summed E-state index contributed by atoms with van der Waals surface area (Å²) in [4.78, 5) is 2.19. The van der Waals surface area contributed by atoms with E-state index in [1.807, 2.05) is 13.8 Å². The van der Waals surface area contributed by atoms with E-state index < -0.39 is 6.10 Å². The van der Waals surface area contributed by atoms with E-state index in [1.54, 1.807) is 6.08 Å². The highest BCUT2D eigenvalue weighted by Gasteiger charge is 2.18. The fourth-order valence-corrected chi connectivity index (χ4v) is 1.50. The lowest BCUT2D eigenvalue weighted by Gasteiger charge is -2.29. The molecule has 16 heavy (non-hydrogen) atoms. The second-order valence-corrected chi connectivity index (χ2v) is 4.69. The molecule has 1 aliphatic rings. The highest BCUT2D eigenvalue weighted by Crippen LogP contribution is 2.10. The first-order valence-electron chi connectivity index (χ1n) is 5.79. The van der Waals surface area contributed by atoms with E-state index in [2.05, 4.69) is 11.5 Å². The lowest BCUT2D eigenvalue weighted by atomic mass is 10.1. The highest BCUT2D eigenvalue weighted by molar-refractivity contribution is 4.89. The molecule has 4 heteroatoms. The summed E-state index contributed by atoms with van der Waals surface area (Å²) in [6.45, 7) is 11.8. The summed E-state index contributed by atoms with van der Waals surface area (Å²) >= 11 is 0. The molecule has 1 aliphatic heterocycles. The van der Waals surface area contributed by atoms with Crippen molar-refractivity contribution >= 4 is 0 Å². The van der Waals surface area contributed by atoms with Gasteiger partial charge >= 0.3 is 0 Å². The Bertz CT molecular complexity index is 212. The summed E-state index contributed by atoms with van der Waals surface area (Å²) in [6, 6.07) is 0. The number of hydrogen-bond acceptors (Lipinski definition) is 4. The van der Waals surface area contributed by atoms with Gasteiger partial charge in [-0.3, -0.25) is 4.90 Å².